The molecule has 0 aromatic rings. The molecule has 0 aliphatic carbocycles. The van der Waals surface area contributed by atoms with Gasteiger partial charge >= 0.3 is 0 Å². The maximum Gasteiger partial charge on any atom is 0.241 e. The van der Waals surface area contributed by atoms with E-state index < -0.39 is 18.4 Å². The summed E-state index contributed by atoms with van der Waals surface area (Å²) in [7, 11) is 0. The second-order valence-corrected chi connectivity index (χ2v) is 5.21. The predicted molar refractivity (Wildman–Crippen MR) is 61.2 cm³/mol. The molecule has 1 aliphatic rings. The van der Waals surface area contributed by atoms with Crippen LogP contribution in [0.25, 0.3) is 0 Å². The minimum atomic E-state index is -1.02. The van der Waals surface area contributed by atoms with Gasteiger partial charge in [-0.3, -0.25) is 4.79 Å². The van der Waals surface area contributed by atoms with Crippen molar-refractivity contribution in [1.29, 1.82) is 0 Å². The largest absolute Gasteiger partial charge is 0.323 e. The molecule has 0 aromatic carbocycles. The highest BCUT2D eigenvalue weighted by Crippen LogP contribution is 2.27. The molecule has 0 bridgehead atoms. The van der Waals surface area contributed by atoms with Gasteiger partial charge in [-0.15, -0.1) is 0 Å². The lowest BCUT2D eigenvalue weighted by Crippen LogP contribution is -2.54. The molecule has 1 amide bonds. The first-order valence-corrected chi connectivity index (χ1v) is 5.75. The van der Waals surface area contributed by atoms with Crippen LogP contribution in [0.3, 0.4) is 0 Å². The van der Waals surface area contributed by atoms with Crippen LogP contribution in [0.2, 0.25) is 0 Å². The fraction of sp³-hybridized carbons (Fsp3) is 0.909. The van der Waals surface area contributed by atoms with Crippen molar-refractivity contribution >= 4 is 5.91 Å². The van der Waals surface area contributed by atoms with Crippen molar-refractivity contribution in [2.75, 3.05) is 6.54 Å². The Morgan fingerprint density at radius 2 is 2.19 bits per heavy atom. The first-order valence-electron chi connectivity index (χ1n) is 5.75. The first kappa shape index (κ1) is 13.4. The van der Waals surface area contributed by atoms with Gasteiger partial charge in [0.2, 0.25) is 5.91 Å². The minimum absolute atomic E-state index is 0.0769. The van der Waals surface area contributed by atoms with Crippen LogP contribution >= 0.6 is 0 Å². The lowest BCUT2D eigenvalue weighted by atomic mass is 9.81. The van der Waals surface area contributed by atoms with Crippen LogP contribution in [0.1, 0.15) is 33.6 Å². The third-order valence-electron chi connectivity index (χ3n) is 3.59. The SMILES string of the molecule is CCC(C)(C)[C@H](N)C(=O)N1C[C@@H](F)C[C@H]1N. The van der Waals surface area contributed by atoms with Crippen molar-refractivity contribution in [1.82, 2.24) is 4.90 Å². The van der Waals surface area contributed by atoms with Crippen LogP contribution in [-0.4, -0.2) is 35.7 Å². The highest BCUT2D eigenvalue weighted by Gasteiger charge is 2.39. The third-order valence-corrected chi connectivity index (χ3v) is 3.59. The molecule has 5 heteroatoms. The molecule has 16 heavy (non-hydrogen) atoms. The Balaban J connectivity index is 2.71. The maximum atomic E-state index is 13.1. The minimum Gasteiger partial charge on any atom is -0.323 e. The van der Waals surface area contributed by atoms with Crippen LogP contribution < -0.4 is 11.5 Å². The van der Waals surface area contributed by atoms with Gasteiger partial charge in [-0.2, -0.15) is 0 Å². The number of carbonyl (C=O) groups excluding carboxylic acids is 1. The van der Waals surface area contributed by atoms with E-state index in [1.54, 1.807) is 0 Å². The van der Waals surface area contributed by atoms with Gasteiger partial charge in [-0.05, 0) is 11.8 Å². The molecule has 1 aliphatic heterocycles. The monoisotopic (exact) mass is 231 g/mol. The summed E-state index contributed by atoms with van der Waals surface area (Å²) in [5.74, 6) is -0.237. The smallest absolute Gasteiger partial charge is 0.241 e. The number of nitrogens with zero attached hydrogens (tertiary/aromatic N) is 1. The molecule has 4 nitrogen and oxygen atoms in total. The van der Waals surface area contributed by atoms with Crippen molar-refractivity contribution in [3.8, 4) is 0 Å². The average Bonchev–Trinajstić information content (AvgIpc) is 2.55. The molecule has 0 radical (unpaired) electrons. The molecular formula is C11H22FN3O. The second-order valence-electron chi connectivity index (χ2n) is 5.21. The molecule has 1 rings (SSSR count). The van der Waals surface area contributed by atoms with Gasteiger partial charge < -0.3 is 16.4 Å². The van der Waals surface area contributed by atoms with Crippen molar-refractivity contribution < 1.29 is 9.18 Å². The van der Waals surface area contributed by atoms with E-state index in [2.05, 4.69) is 0 Å². The van der Waals surface area contributed by atoms with Crippen LogP contribution in [0, 0.1) is 5.41 Å². The second kappa shape index (κ2) is 4.67. The van der Waals surface area contributed by atoms with E-state index in [9.17, 15) is 9.18 Å². The van der Waals surface area contributed by atoms with E-state index >= 15 is 0 Å². The lowest BCUT2D eigenvalue weighted by Gasteiger charge is -2.33. The molecule has 4 N–H and O–H groups in total. The van der Waals surface area contributed by atoms with Crippen LogP contribution in [0.4, 0.5) is 4.39 Å². The number of amides is 1. The van der Waals surface area contributed by atoms with Gasteiger partial charge in [-0.25, -0.2) is 4.39 Å². The number of carbonyl (C=O) groups is 1. The van der Waals surface area contributed by atoms with Gasteiger partial charge in [-0.1, -0.05) is 20.8 Å². The molecule has 1 saturated heterocycles. The van der Waals surface area contributed by atoms with E-state index in [0.29, 0.717) is 0 Å². The summed E-state index contributed by atoms with van der Waals surface area (Å²) in [6, 6.07) is -0.617. The van der Waals surface area contributed by atoms with Crippen molar-refractivity contribution in [2.45, 2.75) is 52.0 Å². The van der Waals surface area contributed by atoms with E-state index in [-0.39, 0.29) is 24.3 Å². The predicted octanol–water partition coefficient (Wildman–Crippen LogP) is 0.605. The zero-order valence-electron chi connectivity index (χ0n) is 10.2. The Labute approximate surface area is 96.1 Å². The van der Waals surface area contributed by atoms with Gasteiger partial charge in [0, 0.05) is 6.42 Å². The van der Waals surface area contributed by atoms with Gasteiger partial charge in [0.1, 0.15) is 6.17 Å². The quantitative estimate of drug-likeness (QED) is 0.747. The summed E-state index contributed by atoms with van der Waals surface area (Å²) in [5.41, 5.74) is 11.3. The van der Waals surface area contributed by atoms with E-state index in [4.69, 9.17) is 11.5 Å². The summed E-state index contributed by atoms with van der Waals surface area (Å²) < 4.78 is 13.1. The third kappa shape index (κ3) is 2.52. The Kier molecular flexibility index (Phi) is 3.91. The number of hydrogen-bond donors (Lipinski definition) is 2. The topological polar surface area (TPSA) is 72.4 Å². The van der Waals surface area contributed by atoms with Crippen LogP contribution in [-0.2, 0) is 4.79 Å². The van der Waals surface area contributed by atoms with Crippen molar-refractivity contribution in [3.63, 3.8) is 0 Å². The zero-order valence-corrected chi connectivity index (χ0v) is 10.2. The van der Waals surface area contributed by atoms with E-state index in [1.165, 1.54) is 4.90 Å². The number of rotatable bonds is 3. The average molecular weight is 231 g/mol. The van der Waals surface area contributed by atoms with Crippen molar-refractivity contribution in [2.24, 2.45) is 16.9 Å². The maximum absolute atomic E-state index is 13.1. The zero-order chi connectivity index (χ0) is 12.5. The summed E-state index contributed by atoms with van der Waals surface area (Å²) in [4.78, 5) is 13.4. The summed E-state index contributed by atoms with van der Waals surface area (Å²) in [6.45, 7) is 5.93. The Hall–Kier alpha value is -0.680. The molecule has 1 heterocycles. The van der Waals surface area contributed by atoms with Gasteiger partial charge in [0.25, 0.3) is 0 Å². The number of alkyl halides is 1. The highest BCUT2D eigenvalue weighted by atomic mass is 19.1. The Morgan fingerprint density at radius 3 is 2.56 bits per heavy atom. The summed E-state index contributed by atoms with van der Waals surface area (Å²) >= 11 is 0. The lowest BCUT2D eigenvalue weighted by molar-refractivity contribution is -0.136. The number of nitrogens with two attached hydrogens (primary N) is 2. The summed E-state index contributed by atoms with van der Waals surface area (Å²) in [6.07, 6.45) is -0.537. The van der Waals surface area contributed by atoms with Crippen molar-refractivity contribution in [3.05, 3.63) is 0 Å². The first-order chi connectivity index (χ1) is 7.29. The molecular weight excluding hydrogens is 209 g/mol. The molecule has 3 atom stereocenters. The normalized spacial score (nSPS) is 28.2. The number of likely N-dealkylation sites (tertiary alicyclic amines) is 1. The fourth-order valence-electron chi connectivity index (χ4n) is 1.80. The van der Waals surface area contributed by atoms with Gasteiger partial charge in [0.15, 0.2) is 0 Å². The highest BCUT2D eigenvalue weighted by molar-refractivity contribution is 5.83. The molecule has 1 fully saturated rings. The summed E-state index contributed by atoms with van der Waals surface area (Å²) in [5, 5.41) is 0. The number of halogens is 1. The molecule has 0 spiro atoms. The van der Waals surface area contributed by atoms with E-state index in [0.717, 1.165) is 6.42 Å². The standard InChI is InChI=1S/C11H22FN3O/c1-4-11(2,3)9(14)10(16)15-6-7(12)5-8(15)13/h7-9H,4-6,13-14H2,1-3H3/t7-,8-,9+/m0/s1. The van der Waals surface area contributed by atoms with Gasteiger partial charge in [0.05, 0.1) is 18.8 Å². The molecule has 0 aromatic heterocycles. The Morgan fingerprint density at radius 1 is 1.62 bits per heavy atom. The number of hydrogen-bond acceptors (Lipinski definition) is 3. The molecule has 0 saturated carbocycles. The Bertz CT molecular complexity index is 266. The molecule has 94 valence electrons. The van der Waals surface area contributed by atoms with E-state index in [1.807, 2.05) is 20.8 Å². The van der Waals surface area contributed by atoms with Crippen LogP contribution in [0.15, 0.2) is 0 Å². The fourth-order valence-corrected chi connectivity index (χ4v) is 1.80. The molecule has 0 unspecified atom stereocenters. The van der Waals surface area contributed by atoms with Crippen LogP contribution in [0.5, 0.6) is 0 Å².